The molecular formula is C16H23NNa2O5. The summed E-state index contributed by atoms with van der Waals surface area (Å²) in [6.45, 7) is 4.13. The Kier molecular flexibility index (Phi) is 14.0. The number of benzene rings is 1. The number of ether oxygens (including phenoxy) is 1. The van der Waals surface area contributed by atoms with E-state index in [1.54, 1.807) is 38.1 Å². The standard InChI is InChI=1S/C16H21NO5.2Na.2H/c1-10(2)14(16(20)21)13(15(18)19)9-11-3-5-12(6-4-11)22-8-7-17;;;;/h3-6,10H,7-9,17H2,1-2H3,(H,18,19)(H,20,21);;;;/q;2*+1;2*-1/b14-13-;;;;. The zero-order valence-corrected chi connectivity index (χ0v) is 18.7. The van der Waals surface area contributed by atoms with Gasteiger partial charge in [0.2, 0.25) is 0 Å². The molecule has 0 heterocycles. The molecule has 124 valence electrons. The second kappa shape index (κ2) is 12.9. The van der Waals surface area contributed by atoms with Gasteiger partial charge in [-0.2, -0.15) is 0 Å². The molecule has 0 aliphatic rings. The van der Waals surface area contributed by atoms with Crippen LogP contribution in [0.4, 0.5) is 0 Å². The first-order valence-electron chi connectivity index (χ1n) is 6.98. The molecule has 0 saturated carbocycles. The van der Waals surface area contributed by atoms with Crippen molar-refractivity contribution in [3.63, 3.8) is 0 Å². The topological polar surface area (TPSA) is 110 Å². The number of nitrogens with two attached hydrogens (primary N) is 1. The van der Waals surface area contributed by atoms with E-state index in [1.165, 1.54) is 0 Å². The predicted octanol–water partition coefficient (Wildman–Crippen LogP) is -4.08. The summed E-state index contributed by atoms with van der Waals surface area (Å²) < 4.78 is 5.34. The van der Waals surface area contributed by atoms with E-state index < -0.39 is 11.9 Å². The van der Waals surface area contributed by atoms with Gasteiger partial charge in [0.1, 0.15) is 12.4 Å². The Morgan fingerprint density at radius 2 is 1.67 bits per heavy atom. The van der Waals surface area contributed by atoms with E-state index in [0.29, 0.717) is 24.5 Å². The van der Waals surface area contributed by atoms with E-state index in [4.69, 9.17) is 10.5 Å². The fourth-order valence-corrected chi connectivity index (χ4v) is 2.09. The molecule has 4 N–H and O–H groups in total. The molecule has 0 unspecified atom stereocenters. The summed E-state index contributed by atoms with van der Waals surface area (Å²) in [4.78, 5) is 22.7. The first-order chi connectivity index (χ1) is 10.4. The van der Waals surface area contributed by atoms with Gasteiger partial charge in [-0.05, 0) is 23.6 Å². The summed E-state index contributed by atoms with van der Waals surface area (Å²) in [5.74, 6) is -2.15. The minimum Gasteiger partial charge on any atom is -1.00 e. The Hall–Kier alpha value is -0.340. The number of hydrogen-bond acceptors (Lipinski definition) is 4. The second-order valence-corrected chi connectivity index (χ2v) is 5.12. The first kappa shape index (κ1) is 25.9. The van der Waals surface area contributed by atoms with Crippen LogP contribution in [0.5, 0.6) is 5.75 Å². The summed E-state index contributed by atoms with van der Waals surface area (Å²) in [6.07, 6.45) is 0.0479. The SMILES string of the molecule is CC(C)/C(C(=O)O)=C(\Cc1ccc(OCCN)cc1)C(=O)O.[H-].[H-].[Na+].[Na+]. The maximum absolute atomic E-state index is 11.4. The van der Waals surface area contributed by atoms with Crippen molar-refractivity contribution in [1.82, 2.24) is 0 Å². The summed E-state index contributed by atoms with van der Waals surface area (Å²) >= 11 is 0. The van der Waals surface area contributed by atoms with Gasteiger partial charge in [-0.25, -0.2) is 9.59 Å². The van der Waals surface area contributed by atoms with Crippen LogP contribution < -0.4 is 69.6 Å². The average molecular weight is 355 g/mol. The van der Waals surface area contributed by atoms with E-state index in [2.05, 4.69) is 0 Å². The summed E-state index contributed by atoms with van der Waals surface area (Å²) in [7, 11) is 0. The van der Waals surface area contributed by atoms with Crippen molar-refractivity contribution in [2.45, 2.75) is 20.3 Å². The van der Waals surface area contributed by atoms with Gasteiger partial charge in [-0.15, -0.1) is 0 Å². The average Bonchev–Trinajstić information content (AvgIpc) is 2.44. The zero-order valence-electron chi connectivity index (χ0n) is 16.7. The van der Waals surface area contributed by atoms with Gasteiger partial charge in [0.05, 0.1) is 11.1 Å². The third-order valence-electron chi connectivity index (χ3n) is 3.08. The second-order valence-electron chi connectivity index (χ2n) is 5.12. The van der Waals surface area contributed by atoms with E-state index in [0.717, 1.165) is 0 Å². The maximum atomic E-state index is 11.4. The smallest absolute Gasteiger partial charge is 1.00 e. The van der Waals surface area contributed by atoms with Crippen molar-refractivity contribution in [3.05, 3.63) is 41.0 Å². The fraction of sp³-hybridized carbons (Fsp3) is 0.375. The van der Waals surface area contributed by atoms with Crippen LogP contribution in [0.3, 0.4) is 0 Å². The Bertz CT molecular complexity index is 581. The molecule has 0 saturated heterocycles. The van der Waals surface area contributed by atoms with Crippen LogP contribution in [-0.4, -0.2) is 35.3 Å². The molecule has 0 atom stereocenters. The molecule has 0 radical (unpaired) electrons. The number of aliphatic carboxylic acids is 2. The molecule has 0 spiro atoms. The van der Waals surface area contributed by atoms with Crippen molar-refractivity contribution in [2.75, 3.05) is 13.2 Å². The van der Waals surface area contributed by atoms with Gasteiger partial charge in [0.25, 0.3) is 0 Å². The molecule has 1 rings (SSSR count). The predicted molar refractivity (Wildman–Crippen MR) is 84.1 cm³/mol. The number of carboxylic acid groups (broad SMARTS) is 2. The van der Waals surface area contributed by atoms with Crippen molar-refractivity contribution in [1.29, 1.82) is 0 Å². The van der Waals surface area contributed by atoms with Crippen molar-refractivity contribution < 1.29 is 86.5 Å². The van der Waals surface area contributed by atoms with Gasteiger partial charge in [0, 0.05) is 13.0 Å². The van der Waals surface area contributed by atoms with Crippen LogP contribution in [0.25, 0.3) is 0 Å². The molecule has 24 heavy (non-hydrogen) atoms. The molecule has 0 aliphatic carbocycles. The largest absolute Gasteiger partial charge is 1.00 e. The van der Waals surface area contributed by atoms with Crippen molar-refractivity contribution in [3.8, 4) is 5.75 Å². The molecule has 6 nitrogen and oxygen atoms in total. The van der Waals surface area contributed by atoms with Crippen LogP contribution in [-0.2, 0) is 16.0 Å². The van der Waals surface area contributed by atoms with E-state index in [-0.39, 0.29) is 85.5 Å². The molecular weight excluding hydrogens is 332 g/mol. The van der Waals surface area contributed by atoms with E-state index in [1.807, 2.05) is 0 Å². The number of hydrogen-bond donors (Lipinski definition) is 3. The van der Waals surface area contributed by atoms with Gasteiger partial charge in [0.15, 0.2) is 0 Å². The summed E-state index contributed by atoms with van der Waals surface area (Å²) in [5.41, 5.74) is 5.88. The minimum atomic E-state index is -1.21. The van der Waals surface area contributed by atoms with E-state index >= 15 is 0 Å². The molecule has 1 aromatic rings. The van der Waals surface area contributed by atoms with Crippen LogP contribution in [0.2, 0.25) is 0 Å². The summed E-state index contributed by atoms with van der Waals surface area (Å²) in [5, 5.41) is 18.5. The monoisotopic (exact) mass is 355 g/mol. The Morgan fingerprint density at radius 1 is 1.12 bits per heavy atom. The molecule has 8 heteroatoms. The Labute approximate surface area is 189 Å². The Morgan fingerprint density at radius 3 is 2.04 bits per heavy atom. The third kappa shape index (κ3) is 8.16. The van der Waals surface area contributed by atoms with Crippen LogP contribution in [0.15, 0.2) is 35.4 Å². The molecule has 0 amide bonds. The van der Waals surface area contributed by atoms with Gasteiger partial charge < -0.3 is 23.5 Å². The molecule has 1 aromatic carbocycles. The van der Waals surface area contributed by atoms with Crippen molar-refractivity contribution in [2.24, 2.45) is 11.7 Å². The maximum Gasteiger partial charge on any atom is 1.00 e. The normalized spacial score (nSPS) is 11.0. The van der Waals surface area contributed by atoms with Crippen LogP contribution in [0, 0.1) is 5.92 Å². The van der Waals surface area contributed by atoms with E-state index in [9.17, 15) is 19.8 Å². The molecule has 0 bridgehead atoms. The third-order valence-corrected chi connectivity index (χ3v) is 3.08. The van der Waals surface area contributed by atoms with Gasteiger partial charge in [-0.3, -0.25) is 0 Å². The quantitative estimate of drug-likeness (QED) is 0.323. The Balaban J connectivity index is -0.000000605. The minimum absolute atomic E-state index is 0. The number of carbonyl (C=O) groups is 2. The number of carboxylic acids is 2. The summed E-state index contributed by atoms with van der Waals surface area (Å²) in [6, 6.07) is 6.85. The van der Waals surface area contributed by atoms with Crippen LogP contribution in [0.1, 0.15) is 22.3 Å². The van der Waals surface area contributed by atoms with Crippen LogP contribution >= 0.6 is 0 Å². The molecule has 0 fully saturated rings. The van der Waals surface area contributed by atoms with Gasteiger partial charge >= 0.3 is 71.1 Å². The first-order valence-corrected chi connectivity index (χ1v) is 6.98. The van der Waals surface area contributed by atoms with Crippen molar-refractivity contribution >= 4 is 11.9 Å². The van der Waals surface area contributed by atoms with Gasteiger partial charge in [-0.1, -0.05) is 26.0 Å². The molecule has 0 aromatic heterocycles. The zero-order chi connectivity index (χ0) is 16.7. The number of rotatable bonds is 8. The molecule has 0 aliphatic heterocycles. The fourth-order valence-electron chi connectivity index (χ4n) is 2.09.